The monoisotopic (exact) mass is 282 g/mol. The van der Waals surface area contributed by atoms with Gasteiger partial charge in [0.15, 0.2) is 11.0 Å². The van der Waals surface area contributed by atoms with Gasteiger partial charge in [0, 0.05) is 5.69 Å². The third-order valence-electron chi connectivity index (χ3n) is 2.40. The molecule has 0 unspecified atom stereocenters. The fourth-order valence-corrected chi connectivity index (χ4v) is 1.68. The van der Waals surface area contributed by atoms with Crippen molar-refractivity contribution >= 4 is 17.6 Å². The number of aromatic nitrogens is 4. The summed E-state index contributed by atoms with van der Waals surface area (Å²) in [5.41, 5.74) is -0.175. The lowest BCUT2D eigenvalue weighted by molar-refractivity contribution is 0.0524. The molecule has 0 radical (unpaired) electrons. The van der Waals surface area contributed by atoms with Crippen LogP contribution < -0.4 is 5.56 Å². The fourth-order valence-electron chi connectivity index (χ4n) is 1.58. The highest BCUT2D eigenvalue weighted by Gasteiger charge is 2.20. The first-order valence-electron chi connectivity index (χ1n) is 5.53. The van der Waals surface area contributed by atoms with Crippen LogP contribution in [-0.4, -0.2) is 32.6 Å². The van der Waals surface area contributed by atoms with E-state index < -0.39 is 11.5 Å². The van der Waals surface area contributed by atoms with E-state index >= 15 is 0 Å². The third-order valence-corrected chi connectivity index (χ3v) is 2.60. The number of hydrogen-bond donors (Lipinski definition) is 1. The highest BCUT2D eigenvalue weighted by molar-refractivity contribution is 6.29. The molecular weight excluding hydrogens is 272 g/mol. The molecule has 0 aromatic carbocycles. The molecule has 2 rings (SSSR count). The second-order valence-electron chi connectivity index (χ2n) is 3.69. The molecule has 7 nitrogen and oxygen atoms in total. The minimum Gasteiger partial charge on any atom is -0.462 e. The number of ether oxygens (including phenoxy) is 1. The van der Waals surface area contributed by atoms with E-state index in [1.807, 2.05) is 0 Å². The first kappa shape index (κ1) is 13.3. The number of carbonyl (C=O) groups is 1. The van der Waals surface area contributed by atoms with Gasteiger partial charge in [0.1, 0.15) is 5.56 Å². The second kappa shape index (κ2) is 5.23. The van der Waals surface area contributed by atoms with Gasteiger partial charge in [-0.1, -0.05) is 11.6 Å². The molecule has 2 aromatic rings. The maximum Gasteiger partial charge on any atom is 0.345 e. The quantitative estimate of drug-likeness (QED) is 0.851. The molecule has 0 saturated heterocycles. The summed E-state index contributed by atoms with van der Waals surface area (Å²) in [5.74, 6) is -0.421. The van der Waals surface area contributed by atoms with Crippen LogP contribution in [0.15, 0.2) is 16.9 Å². The second-order valence-corrected chi connectivity index (χ2v) is 4.07. The number of aromatic amines is 1. The average Bonchev–Trinajstić information content (AvgIpc) is 2.66. The maximum absolute atomic E-state index is 12.1. The minimum atomic E-state index is -0.665. The van der Waals surface area contributed by atoms with E-state index in [-0.39, 0.29) is 23.1 Å². The number of nitrogens with one attached hydrogen (secondary N) is 1. The zero-order chi connectivity index (χ0) is 14.0. The molecule has 0 fully saturated rings. The Hall–Kier alpha value is -2.15. The lowest BCUT2D eigenvalue weighted by atomic mass is 10.2. The summed E-state index contributed by atoms with van der Waals surface area (Å²) in [6, 6.07) is 3.01. The molecular formula is C11H11ClN4O3. The smallest absolute Gasteiger partial charge is 0.345 e. The Bertz CT molecular complexity index is 660. The van der Waals surface area contributed by atoms with Gasteiger partial charge in [-0.3, -0.25) is 9.89 Å². The highest BCUT2D eigenvalue weighted by atomic mass is 35.5. The predicted molar refractivity (Wildman–Crippen MR) is 67.7 cm³/mol. The molecule has 0 saturated carbocycles. The van der Waals surface area contributed by atoms with Gasteiger partial charge in [-0.15, -0.1) is 10.2 Å². The Morgan fingerprint density at radius 2 is 2.21 bits per heavy atom. The maximum atomic E-state index is 12.1. The zero-order valence-electron chi connectivity index (χ0n) is 10.3. The Kier molecular flexibility index (Phi) is 3.66. The van der Waals surface area contributed by atoms with E-state index in [1.165, 1.54) is 12.1 Å². The SMILES string of the molecule is CCOC(=O)c1c(C)[nH]n(-c2ccc(Cl)nn2)c1=O. The van der Waals surface area contributed by atoms with Crippen molar-refractivity contribution in [3.05, 3.63) is 38.9 Å². The lowest BCUT2D eigenvalue weighted by Gasteiger charge is -1.98. The summed E-state index contributed by atoms with van der Waals surface area (Å²) in [6.45, 7) is 3.47. The van der Waals surface area contributed by atoms with Crippen LogP contribution in [0.4, 0.5) is 0 Å². The summed E-state index contributed by atoms with van der Waals surface area (Å²) >= 11 is 5.62. The summed E-state index contributed by atoms with van der Waals surface area (Å²) in [7, 11) is 0. The van der Waals surface area contributed by atoms with Crippen molar-refractivity contribution in [2.75, 3.05) is 6.61 Å². The number of carbonyl (C=O) groups excluding carboxylic acids is 1. The largest absolute Gasteiger partial charge is 0.462 e. The number of rotatable bonds is 3. The predicted octanol–water partition coefficient (Wildman–Crippen LogP) is 1.09. The topological polar surface area (TPSA) is 89.9 Å². The molecule has 0 aliphatic heterocycles. The average molecular weight is 283 g/mol. The van der Waals surface area contributed by atoms with E-state index in [0.29, 0.717) is 5.69 Å². The van der Waals surface area contributed by atoms with Crippen molar-refractivity contribution in [2.24, 2.45) is 0 Å². The van der Waals surface area contributed by atoms with Crippen molar-refractivity contribution in [1.29, 1.82) is 0 Å². The summed E-state index contributed by atoms with van der Waals surface area (Å²) in [6.07, 6.45) is 0. The van der Waals surface area contributed by atoms with E-state index in [4.69, 9.17) is 16.3 Å². The number of H-pyrrole nitrogens is 1. The molecule has 19 heavy (non-hydrogen) atoms. The Balaban J connectivity index is 2.50. The zero-order valence-corrected chi connectivity index (χ0v) is 11.1. The number of hydrogen-bond acceptors (Lipinski definition) is 5. The number of aryl methyl sites for hydroxylation is 1. The van der Waals surface area contributed by atoms with Gasteiger partial charge in [-0.05, 0) is 26.0 Å². The molecule has 100 valence electrons. The van der Waals surface area contributed by atoms with Gasteiger partial charge in [0.05, 0.1) is 6.61 Å². The summed E-state index contributed by atoms with van der Waals surface area (Å²) in [4.78, 5) is 23.8. The van der Waals surface area contributed by atoms with Crippen LogP contribution >= 0.6 is 11.6 Å². The fraction of sp³-hybridized carbons (Fsp3) is 0.273. The summed E-state index contributed by atoms with van der Waals surface area (Å²) in [5, 5.41) is 10.4. The van der Waals surface area contributed by atoms with Gasteiger partial charge >= 0.3 is 5.97 Å². The van der Waals surface area contributed by atoms with Crippen molar-refractivity contribution in [2.45, 2.75) is 13.8 Å². The molecule has 0 atom stereocenters. The van der Waals surface area contributed by atoms with Gasteiger partial charge in [-0.2, -0.15) is 4.68 Å². The van der Waals surface area contributed by atoms with Crippen molar-refractivity contribution < 1.29 is 9.53 Å². The van der Waals surface area contributed by atoms with Crippen LogP contribution in [0.3, 0.4) is 0 Å². The van der Waals surface area contributed by atoms with Crippen LogP contribution in [0.1, 0.15) is 23.0 Å². The van der Waals surface area contributed by atoms with Gasteiger partial charge in [-0.25, -0.2) is 4.79 Å². The van der Waals surface area contributed by atoms with Crippen LogP contribution in [0.2, 0.25) is 5.15 Å². The molecule has 0 aliphatic carbocycles. The molecule has 8 heteroatoms. The Morgan fingerprint density at radius 1 is 1.47 bits per heavy atom. The molecule has 0 spiro atoms. The van der Waals surface area contributed by atoms with Crippen LogP contribution in [0.5, 0.6) is 0 Å². The Labute approximate surface area is 113 Å². The number of esters is 1. The Morgan fingerprint density at radius 3 is 2.79 bits per heavy atom. The molecule has 0 amide bonds. The van der Waals surface area contributed by atoms with E-state index in [0.717, 1.165) is 4.68 Å². The van der Waals surface area contributed by atoms with E-state index in [2.05, 4.69) is 15.3 Å². The minimum absolute atomic E-state index is 0.0430. The molecule has 2 heterocycles. The molecule has 2 aromatic heterocycles. The van der Waals surface area contributed by atoms with Crippen molar-refractivity contribution in [3.8, 4) is 5.82 Å². The van der Waals surface area contributed by atoms with Gasteiger partial charge < -0.3 is 4.74 Å². The van der Waals surface area contributed by atoms with Crippen LogP contribution in [0, 0.1) is 6.92 Å². The van der Waals surface area contributed by atoms with E-state index in [9.17, 15) is 9.59 Å². The van der Waals surface area contributed by atoms with Crippen molar-refractivity contribution in [1.82, 2.24) is 20.0 Å². The molecule has 0 bridgehead atoms. The third kappa shape index (κ3) is 2.50. The summed E-state index contributed by atoms with van der Waals surface area (Å²) < 4.78 is 5.94. The van der Waals surface area contributed by atoms with Crippen molar-refractivity contribution in [3.63, 3.8) is 0 Å². The molecule has 0 aliphatic rings. The van der Waals surface area contributed by atoms with Crippen LogP contribution in [-0.2, 0) is 4.74 Å². The first-order valence-corrected chi connectivity index (χ1v) is 5.90. The lowest BCUT2D eigenvalue weighted by Crippen LogP contribution is -2.22. The van der Waals surface area contributed by atoms with E-state index in [1.54, 1.807) is 13.8 Å². The van der Waals surface area contributed by atoms with Gasteiger partial charge in [0.25, 0.3) is 5.56 Å². The van der Waals surface area contributed by atoms with Gasteiger partial charge in [0.2, 0.25) is 0 Å². The van der Waals surface area contributed by atoms with Crippen LogP contribution in [0.25, 0.3) is 5.82 Å². The molecule has 1 N–H and O–H groups in total. The normalized spacial score (nSPS) is 10.5. The number of halogens is 1. The first-order chi connectivity index (χ1) is 9.04. The standard InChI is InChI=1S/C11H11ClN4O3/c1-3-19-11(18)9-6(2)15-16(10(9)17)8-5-4-7(12)13-14-8/h4-5,15H,3H2,1-2H3. The number of nitrogens with zero attached hydrogens (tertiary/aromatic N) is 3. The highest BCUT2D eigenvalue weighted by Crippen LogP contribution is 2.07.